The molecule has 0 amide bonds. The Balaban J connectivity index is 1.19. The van der Waals surface area contributed by atoms with E-state index >= 15 is 0 Å². The molecule has 10 aromatic rings. The van der Waals surface area contributed by atoms with E-state index in [1.54, 1.807) is 11.3 Å². The minimum absolute atomic E-state index is 0.320. The average molecular weight is 710 g/mol. The quantitative estimate of drug-likeness (QED) is 0.178. The summed E-state index contributed by atoms with van der Waals surface area (Å²) in [6.07, 6.45) is 7.85. The Morgan fingerprint density at radius 1 is 0.537 bits per heavy atom. The van der Waals surface area contributed by atoms with Crippen LogP contribution in [0.25, 0.3) is 92.6 Å². The lowest BCUT2D eigenvalue weighted by molar-refractivity contribution is 0.669. The van der Waals surface area contributed by atoms with E-state index in [4.69, 9.17) is 19.4 Å². The molecule has 254 valence electrons. The fourth-order valence-corrected chi connectivity index (χ4v) is 9.22. The third-order valence-electron chi connectivity index (χ3n) is 10.7. The highest BCUT2D eigenvalue weighted by Gasteiger charge is 2.24. The smallest absolute Gasteiger partial charge is 0.165 e. The molecule has 7 aromatic carbocycles. The van der Waals surface area contributed by atoms with E-state index in [0.29, 0.717) is 23.4 Å². The van der Waals surface area contributed by atoms with E-state index in [9.17, 15) is 0 Å². The number of fused-ring (bicyclic) bond motifs is 7. The van der Waals surface area contributed by atoms with Gasteiger partial charge in [0.15, 0.2) is 17.5 Å². The lowest BCUT2D eigenvalue weighted by Crippen LogP contribution is -2.03. The SMILES string of the molecule is C1=CC(c2ccccc2)CC=C1c1ccc2oc3ccccc3c2c1-c1nc(-c2ccc3ccccc3c2)nc(-c2cccc3sc4ccccc4c23)n1. The maximum absolute atomic E-state index is 6.50. The number of para-hydroxylation sites is 1. The first kappa shape index (κ1) is 30.9. The summed E-state index contributed by atoms with van der Waals surface area (Å²) >= 11 is 1.80. The van der Waals surface area contributed by atoms with E-state index in [1.807, 2.05) is 12.1 Å². The van der Waals surface area contributed by atoms with Gasteiger partial charge in [-0.05, 0) is 70.3 Å². The number of hydrogen-bond acceptors (Lipinski definition) is 5. The van der Waals surface area contributed by atoms with E-state index in [1.165, 1.54) is 25.7 Å². The van der Waals surface area contributed by atoms with Crippen LogP contribution in [0.3, 0.4) is 0 Å². The van der Waals surface area contributed by atoms with Crippen LogP contribution in [0.5, 0.6) is 0 Å². The lowest BCUT2D eigenvalue weighted by Gasteiger charge is -2.19. The molecule has 0 N–H and O–H groups in total. The largest absolute Gasteiger partial charge is 0.456 e. The summed E-state index contributed by atoms with van der Waals surface area (Å²) in [5.74, 6) is 2.21. The topological polar surface area (TPSA) is 51.8 Å². The zero-order valence-corrected chi connectivity index (χ0v) is 29.9. The Hall–Kier alpha value is -6.69. The summed E-state index contributed by atoms with van der Waals surface area (Å²) in [4.78, 5) is 16.1. The number of benzene rings is 7. The third kappa shape index (κ3) is 5.08. The van der Waals surface area contributed by atoms with Gasteiger partial charge in [0.2, 0.25) is 0 Å². The Bertz CT molecular complexity index is 3150. The summed E-state index contributed by atoms with van der Waals surface area (Å²) in [7, 11) is 0. The Labute approximate surface area is 315 Å². The molecule has 0 aliphatic heterocycles. The van der Waals surface area contributed by atoms with E-state index in [0.717, 1.165) is 67.0 Å². The molecule has 11 rings (SSSR count). The molecule has 0 spiro atoms. The second-order valence-corrected chi connectivity index (χ2v) is 15.0. The van der Waals surface area contributed by atoms with Crippen molar-refractivity contribution in [2.24, 2.45) is 0 Å². The molecular weight excluding hydrogens is 679 g/mol. The lowest BCUT2D eigenvalue weighted by atomic mass is 9.86. The van der Waals surface area contributed by atoms with Crippen molar-refractivity contribution in [1.82, 2.24) is 15.0 Å². The zero-order chi connectivity index (χ0) is 35.6. The van der Waals surface area contributed by atoms with Crippen LogP contribution in [-0.4, -0.2) is 15.0 Å². The van der Waals surface area contributed by atoms with Crippen LogP contribution in [-0.2, 0) is 0 Å². The maximum atomic E-state index is 6.50. The van der Waals surface area contributed by atoms with Crippen molar-refractivity contribution < 1.29 is 4.42 Å². The molecule has 5 heteroatoms. The van der Waals surface area contributed by atoms with Gasteiger partial charge in [-0.3, -0.25) is 0 Å². The van der Waals surface area contributed by atoms with Crippen molar-refractivity contribution in [3.63, 3.8) is 0 Å². The molecule has 1 aliphatic carbocycles. The molecule has 54 heavy (non-hydrogen) atoms. The standard InChI is InChI=1S/C49H31N3OS/c1-2-11-30(12-3-1)32-21-24-33(25-22-32)36-27-28-41-45(37-15-6-8-18-40(37)53-41)46(36)49-51-47(35-26-23-31-13-4-5-14-34(31)29-35)50-48(52-49)39-17-10-20-43-44(39)38-16-7-9-19-42(38)54-43/h1-21,23-29,32H,22H2. The molecule has 4 nitrogen and oxygen atoms in total. The van der Waals surface area contributed by atoms with Crippen LogP contribution >= 0.6 is 11.3 Å². The number of nitrogens with zero attached hydrogens (tertiary/aromatic N) is 3. The van der Waals surface area contributed by atoms with Gasteiger partial charge in [0, 0.05) is 53.6 Å². The van der Waals surface area contributed by atoms with Crippen molar-refractivity contribution in [1.29, 1.82) is 0 Å². The molecule has 1 atom stereocenters. The van der Waals surface area contributed by atoms with Gasteiger partial charge in [-0.2, -0.15) is 0 Å². The predicted molar refractivity (Wildman–Crippen MR) is 225 cm³/mol. The second-order valence-electron chi connectivity index (χ2n) is 13.9. The first-order chi connectivity index (χ1) is 26.7. The number of allylic oxidation sites excluding steroid dienone is 4. The van der Waals surface area contributed by atoms with Gasteiger partial charge in [0.1, 0.15) is 11.2 Å². The number of aromatic nitrogens is 3. The van der Waals surface area contributed by atoms with E-state index in [2.05, 4.69) is 158 Å². The van der Waals surface area contributed by atoms with Gasteiger partial charge >= 0.3 is 0 Å². The first-order valence-electron chi connectivity index (χ1n) is 18.3. The molecule has 1 unspecified atom stereocenters. The summed E-state index contributed by atoms with van der Waals surface area (Å²) in [6.45, 7) is 0. The van der Waals surface area contributed by atoms with Crippen molar-refractivity contribution >= 4 is 69.8 Å². The van der Waals surface area contributed by atoms with E-state index in [-0.39, 0.29) is 0 Å². The van der Waals surface area contributed by atoms with Crippen LogP contribution in [0.1, 0.15) is 23.5 Å². The zero-order valence-electron chi connectivity index (χ0n) is 29.1. The fourth-order valence-electron chi connectivity index (χ4n) is 8.08. The van der Waals surface area contributed by atoms with Crippen LogP contribution < -0.4 is 0 Å². The average Bonchev–Trinajstić information content (AvgIpc) is 3.82. The van der Waals surface area contributed by atoms with Gasteiger partial charge in [-0.15, -0.1) is 11.3 Å². The molecule has 0 bridgehead atoms. The minimum atomic E-state index is 0.320. The number of thiophene rings is 1. The normalized spacial score (nSPS) is 14.4. The highest BCUT2D eigenvalue weighted by molar-refractivity contribution is 7.25. The number of hydrogen-bond donors (Lipinski definition) is 0. The Kier molecular flexibility index (Phi) is 7.13. The van der Waals surface area contributed by atoms with Crippen molar-refractivity contribution in [3.05, 3.63) is 181 Å². The first-order valence-corrected chi connectivity index (χ1v) is 19.1. The molecule has 3 aromatic heterocycles. The van der Waals surface area contributed by atoms with Crippen LogP contribution in [0, 0.1) is 0 Å². The van der Waals surface area contributed by atoms with Crippen molar-refractivity contribution in [2.45, 2.75) is 12.3 Å². The molecule has 0 saturated heterocycles. The van der Waals surface area contributed by atoms with Gasteiger partial charge in [0.25, 0.3) is 0 Å². The number of rotatable bonds is 5. The summed E-state index contributed by atoms with van der Waals surface area (Å²) in [5.41, 5.74) is 8.04. The van der Waals surface area contributed by atoms with Crippen LogP contribution in [0.15, 0.2) is 174 Å². The monoisotopic (exact) mass is 709 g/mol. The maximum Gasteiger partial charge on any atom is 0.165 e. The summed E-state index contributed by atoms with van der Waals surface area (Å²) in [5, 5.41) is 6.72. The second kappa shape index (κ2) is 12.5. The molecule has 0 fully saturated rings. The van der Waals surface area contributed by atoms with E-state index < -0.39 is 0 Å². The van der Waals surface area contributed by atoms with Crippen molar-refractivity contribution in [2.75, 3.05) is 0 Å². The molecule has 3 heterocycles. The Morgan fingerprint density at radius 2 is 1.30 bits per heavy atom. The fraction of sp³-hybridized carbons (Fsp3) is 0.0408. The molecule has 1 aliphatic rings. The van der Waals surface area contributed by atoms with Gasteiger partial charge in [-0.1, -0.05) is 133 Å². The molecular formula is C49H31N3OS. The van der Waals surface area contributed by atoms with Gasteiger partial charge < -0.3 is 4.42 Å². The third-order valence-corrected chi connectivity index (χ3v) is 11.8. The Morgan fingerprint density at radius 3 is 2.19 bits per heavy atom. The highest BCUT2D eigenvalue weighted by atomic mass is 32.1. The minimum Gasteiger partial charge on any atom is -0.456 e. The van der Waals surface area contributed by atoms with Gasteiger partial charge in [-0.25, -0.2) is 15.0 Å². The molecule has 0 saturated carbocycles. The summed E-state index contributed by atoms with van der Waals surface area (Å²) in [6, 6.07) is 53.2. The van der Waals surface area contributed by atoms with Crippen LogP contribution in [0.2, 0.25) is 0 Å². The van der Waals surface area contributed by atoms with Gasteiger partial charge in [0.05, 0.1) is 0 Å². The summed E-state index contributed by atoms with van der Waals surface area (Å²) < 4.78 is 8.94. The van der Waals surface area contributed by atoms with Crippen molar-refractivity contribution in [3.8, 4) is 34.2 Å². The molecule has 0 radical (unpaired) electrons. The highest BCUT2D eigenvalue weighted by Crippen LogP contribution is 2.44. The predicted octanol–water partition coefficient (Wildman–Crippen LogP) is 13.4. The number of furan rings is 1. The van der Waals surface area contributed by atoms with Crippen LogP contribution in [0.4, 0.5) is 0 Å².